The van der Waals surface area contributed by atoms with E-state index in [9.17, 15) is 19.2 Å². The molecule has 6 heteroatoms. The molecule has 2 aliphatic rings. The second kappa shape index (κ2) is 5.05. The van der Waals surface area contributed by atoms with Crippen molar-refractivity contribution >= 4 is 23.6 Å². The molecule has 0 saturated carbocycles. The monoisotopic (exact) mass is 300 g/mol. The molecule has 0 bridgehead atoms. The minimum absolute atomic E-state index is 0.239. The summed E-state index contributed by atoms with van der Waals surface area (Å²) in [6, 6.07) is 6.53. The van der Waals surface area contributed by atoms with E-state index in [0.717, 1.165) is 11.3 Å². The number of rotatable bonds is 3. The van der Waals surface area contributed by atoms with Crippen molar-refractivity contribution in [2.24, 2.45) is 0 Å². The molecule has 1 fully saturated rings. The Bertz CT molecular complexity index is 697. The number of carbonyl (C=O) groups is 4. The average molecular weight is 300 g/mol. The fraction of sp³-hybridized carbons (Fsp3) is 0.375. The first-order chi connectivity index (χ1) is 10.5. The number of carbonyl (C=O) groups excluding carboxylic acids is 4. The lowest BCUT2D eigenvalue weighted by Gasteiger charge is -2.37. The lowest BCUT2D eigenvalue weighted by Crippen LogP contribution is -2.57. The maximum Gasteiger partial charge on any atom is 0.260 e. The third-order valence-electron chi connectivity index (χ3n) is 4.27. The number of nitrogens with one attached hydrogen (secondary N) is 1. The number of nitrogens with zero attached hydrogens (tertiary/aromatic N) is 1. The van der Waals surface area contributed by atoms with Gasteiger partial charge in [-0.2, -0.15) is 0 Å². The third-order valence-corrected chi connectivity index (χ3v) is 4.27. The van der Waals surface area contributed by atoms with Crippen LogP contribution in [0.5, 0.6) is 0 Å². The van der Waals surface area contributed by atoms with Gasteiger partial charge in [-0.1, -0.05) is 31.5 Å². The van der Waals surface area contributed by atoms with E-state index in [0.29, 0.717) is 17.5 Å². The normalized spacial score (nSPS) is 24.0. The van der Waals surface area contributed by atoms with Gasteiger partial charge in [0.2, 0.25) is 17.7 Å². The van der Waals surface area contributed by atoms with Crippen LogP contribution in [0.25, 0.3) is 0 Å². The first-order valence-electron chi connectivity index (χ1n) is 7.32. The molecular formula is C16H16N2O4. The molecule has 0 aromatic heterocycles. The van der Waals surface area contributed by atoms with Gasteiger partial charge in [-0.05, 0) is 18.1 Å². The number of hydrogen-bond donors (Lipinski definition) is 1. The second-order valence-electron chi connectivity index (χ2n) is 5.62. The quantitative estimate of drug-likeness (QED) is 0.659. The Balaban J connectivity index is 2.18. The van der Waals surface area contributed by atoms with Crippen LogP contribution in [0.2, 0.25) is 0 Å². The Morgan fingerprint density at radius 1 is 1.18 bits per heavy atom. The van der Waals surface area contributed by atoms with Crippen molar-refractivity contribution in [3.63, 3.8) is 0 Å². The van der Waals surface area contributed by atoms with Gasteiger partial charge in [0.15, 0.2) is 5.41 Å². The predicted molar refractivity (Wildman–Crippen MR) is 76.8 cm³/mol. The third kappa shape index (κ3) is 1.80. The summed E-state index contributed by atoms with van der Waals surface area (Å²) in [7, 11) is 0. The second-order valence-corrected chi connectivity index (χ2v) is 5.62. The van der Waals surface area contributed by atoms with Crippen molar-refractivity contribution in [2.45, 2.75) is 31.6 Å². The van der Waals surface area contributed by atoms with E-state index in [1.807, 2.05) is 6.92 Å². The highest BCUT2D eigenvalue weighted by Gasteiger charge is 2.60. The standard InChI is InChI=1S/C16H16N2O4/c1-2-3-8-18-13(20)10-6-4-5-7-11(10)16(15(18)22)9-12(19)17-14(16)21/h4-7H,2-3,8-9H2,1H3,(H,17,19,21). The zero-order chi connectivity index (χ0) is 15.9. The molecule has 2 heterocycles. The number of amides is 4. The topological polar surface area (TPSA) is 83.6 Å². The number of hydrogen-bond acceptors (Lipinski definition) is 4. The van der Waals surface area contributed by atoms with Gasteiger partial charge in [0.25, 0.3) is 5.91 Å². The minimum atomic E-state index is -1.59. The van der Waals surface area contributed by atoms with Crippen molar-refractivity contribution < 1.29 is 19.2 Å². The summed E-state index contributed by atoms with van der Waals surface area (Å²) in [5.41, 5.74) is -0.931. The highest BCUT2D eigenvalue weighted by Crippen LogP contribution is 2.40. The van der Waals surface area contributed by atoms with Crippen LogP contribution in [0.4, 0.5) is 0 Å². The lowest BCUT2D eigenvalue weighted by atomic mass is 9.72. The molecular weight excluding hydrogens is 284 g/mol. The molecule has 1 aromatic rings. The molecule has 2 aliphatic heterocycles. The molecule has 1 atom stereocenters. The van der Waals surface area contributed by atoms with Crippen molar-refractivity contribution in [3.8, 4) is 0 Å². The lowest BCUT2D eigenvalue weighted by molar-refractivity contribution is -0.141. The fourth-order valence-electron chi connectivity index (χ4n) is 3.13. The van der Waals surface area contributed by atoms with E-state index >= 15 is 0 Å². The van der Waals surface area contributed by atoms with Crippen molar-refractivity contribution in [2.75, 3.05) is 6.54 Å². The van der Waals surface area contributed by atoms with Gasteiger partial charge in [0.1, 0.15) is 0 Å². The summed E-state index contributed by atoms with van der Waals surface area (Å²) >= 11 is 0. The van der Waals surface area contributed by atoms with E-state index in [4.69, 9.17) is 0 Å². The van der Waals surface area contributed by atoms with Gasteiger partial charge in [-0.25, -0.2) is 0 Å². The highest BCUT2D eigenvalue weighted by molar-refractivity contribution is 6.28. The molecule has 1 unspecified atom stereocenters. The van der Waals surface area contributed by atoms with Gasteiger partial charge in [0.05, 0.1) is 6.42 Å². The highest BCUT2D eigenvalue weighted by atomic mass is 16.2. The Labute approximate surface area is 127 Å². The zero-order valence-corrected chi connectivity index (χ0v) is 12.2. The van der Waals surface area contributed by atoms with Gasteiger partial charge in [-0.15, -0.1) is 0 Å². The number of benzene rings is 1. The maximum atomic E-state index is 12.9. The molecule has 0 radical (unpaired) electrons. The Morgan fingerprint density at radius 3 is 2.55 bits per heavy atom. The van der Waals surface area contributed by atoms with Crippen LogP contribution < -0.4 is 5.32 Å². The van der Waals surface area contributed by atoms with Crippen LogP contribution in [0.3, 0.4) is 0 Å². The van der Waals surface area contributed by atoms with Crippen molar-refractivity contribution in [3.05, 3.63) is 35.4 Å². The number of unbranched alkanes of at least 4 members (excludes halogenated alkanes) is 1. The summed E-state index contributed by atoms with van der Waals surface area (Å²) in [6.07, 6.45) is 1.24. The molecule has 22 heavy (non-hydrogen) atoms. The summed E-state index contributed by atoms with van der Waals surface area (Å²) in [5, 5.41) is 2.20. The number of imide groups is 2. The van der Waals surface area contributed by atoms with Crippen molar-refractivity contribution in [1.82, 2.24) is 10.2 Å². The number of fused-ring (bicyclic) bond motifs is 2. The average Bonchev–Trinajstić information content (AvgIpc) is 2.81. The first kappa shape index (κ1) is 14.4. The molecule has 4 amide bonds. The van der Waals surface area contributed by atoms with Crippen LogP contribution in [0, 0.1) is 0 Å². The van der Waals surface area contributed by atoms with E-state index in [1.165, 1.54) is 0 Å². The molecule has 1 saturated heterocycles. The minimum Gasteiger partial charge on any atom is -0.295 e. The van der Waals surface area contributed by atoms with E-state index < -0.39 is 29.0 Å². The Kier molecular flexibility index (Phi) is 3.31. The molecule has 0 aliphatic carbocycles. The van der Waals surface area contributed by atoms with E-state index in [1.54, 1.807) is 24.3 Å². The fourth-order valence-corrected chi connectivity index (χ4v) is 3.13. The van der Waals surface area contributed by atoms with Crippen molar-refractivity contribution in [1.29, 1.82) is 0 Å². The molecule has 3 rings (SSSR count). The van der Waals surface area contributed by atoms with E-state index in [2.05, 4.69) is 5.32 Å². The SMILES string of the molecule is CCCCN1C(=O)c2ccccc2C2(CC(=O)NC2=O)C1=O. The summed E-state index contributed by atoms with van der Waals surface area (Å²) in [6.45, 7) is 2.21. The van der Waals surface area contributed by atoms with Gasteiger partial charge >= 0.3 is 0 Å². The largest absolute Gasteiger partial charge is 0.295 e. The molecule has 114 valence electrons. The molecule has 1 aromatic carbocycles. The summed E-state index contributed by atoms with van der Waals surface area (Å²) < 4.78 is 0. The molecule has 1 N–H and O–H groups in total. The maximum absolute atomic E-state index is 12.9. The van der Waals surface area contributed by atoms with Crippen LogP contribution >= 0.6 is 0 Å². The van der Waals surface area contributed by atoms with Gasteiger partial charge < -0.3 is 0 Å². The summed E-state index contributed by atoms with van der Waals surface area (Å²) in [5.74, 6) is -2.11. The van der Waals surface area contributed by atoms with Crippen LogP contribution in [0.15, 0.2) is 24.3 Å². The first-order valence-corrected chi connectivity index (χ1v) is 7.32. The van der Waals surface area contributed by atoms with Crippen LogP contribution in [-0.4, -0.2) is 35.1 Å². The summed E-state index contributed by atoms with van der Waals surface area (Å²) in [4.78, 5) is 50.6. The van der Waals surface area contributed by atoms with E-state index in [-0.39, 0.29) is 13.0 Å². The smallest absolute Gasteiger partial charge is 0.260 e. The van der Waals surface area contributed by atoms with Gasteiger partial charge in [0, 0.05) is 12.1 Å². The van der Waals surface area contributed by atoms with Crippen LogP contribution in [0.1, 0.15) is 42.1 Å². The van der Waals surface area contributed by atoms with Gasteiger partial charge in [-0.3, -0.25) is 29.4 Å². The molecule has 1 spiro atoms. The Morgan fingerprint density at radius 2 is 1.91 bits per heavy atom. The van der Waals surface area contributed by atoms with Crippen LogP contribution in [-0.2, 0) is 19.8 Å². The predicted octanol–water partition coefficient (Wildman–Crippen LogP) is 0.753. The zero-order valence-electron chi connectivity index (χ0n) is 12.2. The Hall–Kier alpha value is -2.50. The molecule has 6 nitrogen and oxygen atoms in total.